The van der Waals surface area contributed by atoms with Gasteiger partial charge in [0.2, 0.25) is 0 Å². The van der Waals surface area contributed by atoms with Crippen molar-refractivity contribution in [1.29, 1.82) is 0 Å². The smallest absolute Gasteiger partial charge is 0.309 e. The van der Waals surface area contributed by atoms with Gasteiger partial charge in [0.1, 0.15) is 0 Å². The molecule has 3 heteroatoms. The Morgan fingerprint density at radius 2 is 2.25 bits per heavy atom. The van der Waals surface area contributed by atoms with E-state index in [0.29, 0.717) is 12.6 Å². The lowest BCUT2D eigenvalue weighted by molar-refractivity contribution is -0.147. The van der Waals surface area contributed by atoms with Crippen molar-refractivity contribution in [2.75, 3.05) is 13.2 Å². The zero-order chi connectivity index (χ0) is 12.0. The Bertz CT molecular complexity index is 218. The summed E-state index contributed by atoms with van der Waals surface area (Å²) in [5.74, 6) is 0.709. The molecule has 0 aromatic heterocycles. The molecule has 0 aromatic carbocycles. The first-order valence-corrected chi connectivity index (χ1v) is 6.53. The van der Waals surface area contributed by atoms with E-state index in [1.165, 1.54) is 25.7 Å². The van der Waals surface area contributed by atoms with Gasteiger partial charge >= 0.3 is 5.97 Å². The maximum atomic E-state index is 11.4. The summed E-state index contributed by atoms with van der Waals surface area (Å²) in [7, 11) is 0. The van der Waals surface area contributed by atoms with E-state index >= 15 is 0 Å². The van der Waals surface area contributed by atoms with Crippen LogP contribution in [0.5, 0.6) is 0 Å². The molecule has 1 saturated carbocycles. The molecular formula is C13H25NO2. The molecule has 0 amide bonds. The topological polar surface area (TPSA) is 38.3 Å². The Hall–Kier alpha value is -0.570. The molecule has 0 heterocycles. The van der Waals surface area contributed by atoms with Crippen molar-refractivity contribution in [3.63, 3.8) is 0 Å². The van der Waals surface area contributed by atoms with E-state index in [2.05, 4.69) is 12.2 Å². The van der Waals surface area contributed by atoms with Crippen LogP contribution in [0.15, 0.2) is 0 Å². The van der Waals surface area contributed by atoms with Gasteiger partial charge in [0.25, 0.3) is 0 Å². The number of esters is 1. The van der Waals surface area contributed by atoms with E-state index in [1.807, 2.05) is 13.8 Å². The molecule has 0 aromatic rings. The van der Waals surface area contributed by atoms with E-state index in [1.54, 1.807) is 0 Å². The molecule has 3 unspecified atom stereocenters. The van der Waals surface area contributed by atoms with E-state index in [0.717, 1.165) is 12.5 Å². The molecule has 1 fully saturated rings. The highest BCUT2D eigenvalue weighted by Crippen LogP contribution is 2.23. The summed E-state index contributed by atoms with van der Waals surface area (Å²) < 4.78 is 4.99. The normalized spacial score (nSPS) is 27.4. The minimum absolute atomic E-state index is 0.0304. The van der Waals surface area contributed by atoms with E-state index in [-0.39, 0.29) is 11.9 Å². The Kier molecular flexibility index (Phi) is 5.81. The summed E-state index contributed by atoms with van der Waals surface area (Å²) in [5.41, 5.74) is 0. The minimum Gasteiger partial charge on any atom is -0.466 e. The van der Waals surface area contributed by atoms with Gasteiger partial charge in [-0.1, -0.05) is 26.7 Å². The van der Waals surface area contributed by atoms with Crippen molar-refractivity contribution >= 4 is 5.97 Å². The van der Waals surface area contributed by atoms with Crippen molar-refractivity contribution in [2.45, 2.75) is 52.5 Å². The molecule has 3 atom stereocenters. The summed E-state index contributed by atoms with van der Waals surface area (Å²) >= 11 is 0. The predicted molar refractivity (Wildman–Crippen MR) is 65.2 cm³/mol. The molecule has 0 radical (unpaired) electrons. The van der Waals surface area contributed by atoms with Gasteiger partial charge in [-0.2, -0.15) is 0 Å². The molecule has 1 rings (SSSR count). The molecule has 16 heavy (non-hydrogen) atoms. The van der Waals surface area contributed by atoms with Crippen LogP contribution in [0.4, 0.5) is 0 Å². The van der Waals surface area contributed by atoms with E-state index in [4.69, 9.17) is 4.74 Å². The molecule has 0 aliphatic heterocycles. The van der Waals surface area contributed by atoms with Gasteiger partial charge < -0.3 is 10.1 Å². The zero-order valence-electron chi connectivity index (χ0n) is 10.8. The van der Waals surface area contributed by atoms with Gasteiger partial charge in [-0.3, -0.25) is 4.79 Å². The van der Waals surface area contributed by atoms with Crippen molar-refractivity contribution in [3.05, 3.63) is 0 Å². The van der Waals surface area contributed by atoms with Crippen LogP contribution in [-0.4, -0.2) is 25.2 Å². The van der Waals surface area contributed by atoms with Gasteiger partial charge in [-0.25, -0.2) is 0 Å². The van der Waals surface area contributed by atoms with Gasteiger partial charge in [-0.15, -0.1) is 0 Å². The lowest BCUT2D eigenvalue weighted by Crippen LogP contribution is -2.38. The monoisotopic (exact) mass is 227 g/mol. The fraction of sp³-hybridized carbons (Fsp3) is 0.923. The van der Waals surface area contributed by atoms with Gasteiger partial charge in [0, 0.05) is 12.6 Å². The largest absolute Gasteiger partial charge is 0.466 e. The second kappa shape index (κ2) is 6.89. The number of carbonyl (C=O) groups is 1. The SMILES string of the molecule is CCOC(=O)C(C)CNC1CCCC(C)C1. The Labute approximate surface area is 98.9 Å². The molecule has 0 bridgehead atoms. The standard InChI is InChI=1S/C13H25NO2/c1-4-16-13(15)11(3)9-14-12-7-5-6-10(2)8-12/h10-12,14H,4-9H2,1-3H3. The summed E-state index contributed by atoms with van der Waals surface area (Å²) in [5, 5.41) is 3.49. The van der Waals surface area contributed by atoms with Crippen LogP contribution in [-0.2, 0) is 9.53 Å². The summed E-state index contributed by atoms with van der Waals surface area (Å²) in [4.78, 5) is 11.4. The molecule has 94 valence electrons. The van der Waals surface area contributed by atoms with Crippen LogP contribution in [0, 0.1) is 11.8 Å². The predicted octanol–water partition coefficient (Wildman–Crippen LogP) is 2.35. The third-order valence-electron chi connectivity index (χ3n) is 3.34. The molecule has 0 saturated heterocycles. The Balaban J connectivity index is 2.20. The van der Waals surface area contributed by atoms with Crippen LogP contribution in [0.25, 0.3) is 0 Å². The molecule has 1 aliphatic carbocycles. The van der Waals surface area contributed by atoms with Crippen LogP contribution in [0.1, 0.15) is 46.5 Å². The zero-order valence-corrected chi connectivity index (χ0v) is 10.8. The van der Waals surface area contributed by atoms with E-state index < -0.39 is 0 Å². The van der Waals surface area contributed by atoms with Crippen molar-refractivity contribution in [1.82, 2.24) is 5.32 Å². The first-order chi connectivity index (χ1) is 7.63. The lowest BCUT2D eigenvalue weighted by atomic mass is 9.87. The number of ether oxygens (including phenoxy) is 1. The number of carbonyl (C=O) groups excluding carboxylic acids is 1. The second-order valence-electron chi connectivity index (χ2n) is 5.03. The summed E-state index contributed by atoms with van der Waals surface area (Å²) in [6.45, 7) is 7.31. The molecular weight excluding hydrogens is 202 g/mol. The van der Waals surface area contributed by atoms with Crippen LogP contribution in [0.2, 0.25) is 0 Å². The third kappa shape index (κ3) is 4.52. The Morgan fingerprint density at radius 1 is 1.50 bits per heavy atom. The third-order valence-corrected chi connectivity index (χ3v) is 3.34. The maximum Gasteiger partial charge on any atom is 0.309 e. The van der Waals surface area contributed by atoms with Crippen LogP contribution in [0.3, 0.4) is 0 Å². The highest BCUT2D eigenvalue weighted by atomic mass is 16.5. The number of hydrogen-bond acceptors (Lipinski definition) is 3. The number of nitrogens with one attached hydrogen (secondary N) is 1. The van der Waals surface area contributed by atoms with Gasteiger partial charge in [-0.05, 0) is 25.7 Å². The van der Waals surface area contributed by atoms with Gasteiger partial charge in [0.15, 0.2) is 0 Å². The fourth-order valence-corrected chi connectivity index (χ4v) is 2.33. The highest BCUT2D eigenvalue weighted by Gasteiger charge is 2.20. The number of hydrogen-bond donors (Lipinski definition) is 1. The molecule has 1 N–H and O–H groups in total. The molecule has 0 spiro atoms. The summed E-state index contributed by atoms with van der Waals surface area (Å²) in [6, 6.07) is 0.598. The van der Waals surface area contributed by atoms with Crippen LogP contribution < -0.4 is 5.32 Å². The average Bonchev–Trinajstić information content (AvgIpc) is 2.26. The fourth-order valence-electron chi connectivity index (χ4n) is 2.33. The minimum atomic E-state index is -0.0844. The lowest BCUT2D eigenvalue weighted by Gasteiger charge is -2.28. The quantitative estimate of drug-likeness (QED) is 0.733. The maximum absolute atomic E-state index is 11.4. The second-order valence-corrected chi connectivity index (χ2v) is 5.03. The van der Waals surface area contributed by atoms with Crippen LogP contribution >= 0.6 is 0 Å². The first-order valence-electron chi connectivity index (χ1n) is 6.53. The molecule has 1 aliphatic rings. The molecule has 3 nitrogen and oxygen atoms in total. The highest BCUT2D eigenvalue weighted by molar-refractivity contribution is 5.72. The van der Waals surface area contributed by atoms with E-state index in [9.17, 15) is 4.79 Å². The van der Waals surface area contributed by atoms with Crippen molar-refractivity contribution < 1.29 is 9.53 Å². The Morgan fingerprint density at radius 3 is 2.88 bits per heavy atom. The van der Waals surface area contributed by atoms with Crippen molar-refractivity contribution in [2.24, 2.45) is 11.8 Å². The van der Waals surface area contributed by atoms with Crippen molar-refractivity contribution in [3.8, 4) is 0 Å². The first kappa shape index (κ1) is 13.5. The summed E-state index contributed by atoms with van der Waals surface area (Å²) in [6.07, 6.45) is 5.16. The average molecular weight is 227 g/mol. The van der Waals surface area contributed by atoms with Gasteiger partial charge in [0.05, 0.1) is 12.5 Å². The number of rotatable bonds is 5.